The Morgan fingerprint density at radius 3 is 2.38 bits per heavy atom. The zero-order valence-electron chi connectivity index (χ0n) is 13.2. The second-order valence-electron chi connectivity index (χ2n) is 6.51. The van der Waals surface area contributed by atoms with Crippen molar-refractivity contribution in [2.75, 3.05) is 0 Å². The van der Waals surface area contributed by atoms with Crippen molar-refractivity contribution in [1.29, 1.82) is 0 Å². The van der Waals surface area contributed by atoms with Gasteiger partial charge in [0.1, 0.15) is 0 Å². The van der Waals surface area contributed by atoms with Crippen LogP contribution in [-0.2, 0) is 12.8 Å². The van der Waals surface area contributed by atoms with Gasteiger partial charge in [-0.15, -0.1) is 0 Å². The molecule has 1 aliphatic rings. The molecule has 2 aromatic rings. The molecule has 1 nitrogen and oxygen atoms in total. The SMILES string of the molecule is Cc1cc(C)c(C(O)C2CCc3ccccc3C2)cc1C. The smallest absolute Gasteiger partial charge is 0.0824 e. The highest BCUT2D eigenvalue weighted by Crippen LogP contribution is 2.35. The van der Waals surface area contributed by atoms with Crippen molar-refractivity contribution in [3.63, 3.8) is 0 Å². The van der Waals surface area contributed by atoms with E-state index in [2.05, 4.69) is 57.2 Å². The maximum absolute atomic E-state index is 10.9. The van der Waals surface area contributed by atoms with Gasteiger partial charge in [-0.05, 0) is 79.3 Å². The predicted molar refractivity (Wildman–Crippen MR) is 87.6 cm³/mol. The summed E-state index contributed by atoms with van der Waals surface area (Å²) in [5.41, 5.74) is 7.77. The Balaban J connectivity index is 1.87. The van der Waals surface area contributed by atoms with E-state index in [1.54, 1.807) is 0 Å². The number of hydrogen-bond acceptors (Lipinski definition) is 1. The van der Waals surface area contributed by atoms with Crippen LogP contribution in [0.1, 0.15) is 45.9 Å². The second kappa shape index (κ2) is 5.65. The van der Waals surface area contributed by atoms with Crippen LogP contribution in [0.2, 0.25) is 0 Å². The first-order valence-corrected chi connectivity index (χ1v) is 7.89. The first-order valence-electron chi connectivity index (χ1n) is 7.89. The van der Waals surface area contributed by atoms with Gasteiger partial charge in [-0.2, -0.15) is 0 Å². The Hall–Kier alpha value is -1.60. The van der Waals surface area contributed by atoms with Crippen LogP contribution >= 0.6 is 0 Å². The number of hydrogen-bond donors (Lipinski definition) is 1. The molecule has 0 heterocycles. The molecular weight excluding hydrogens is 256 g/mol. The fourth-order valence-corrected chi connectivity index (χ4v) is 3.55. The molecule has 0 fully saturated rings. The van der Waals surface area contributed by atoms with Gasteiger partial charge in [0, 0.05) is 0 Å². The topological polar surface area (TPSA) is 20.2 Å². The molecule has 0 bridgehead atoms. The Labute approximate surface area is 127 Å². The third-order valence-electron chi connectivity index (χ3n) is 5.03. The molecule has 0 aromatic heterocycles. The lowest BCUT2D eigenvalue weighted by atomic mass is 9.78. The van der Waals surface area contributed by atoms with E-state index in [9.17, 15) is 5.11 Å². The van der Waals surface area contributed by atoms with Crippen molar-refractivity contribution in [2.45, 2.75) is 46.1 Å². The molecule has 1 aliphatic carbocycles. The molecule has 3 rings (SSSR count). The number of aliphatic hydroxyl groups is 1. The standard InChI is InChI=1S/C20H24O/c1-13-10-15(3)19(11-14(13)2)20(21)18-9-8-16-6-4-5-7-17(16)12-18/h4-7,10-11,18,20-21H,8-9,12H2,1-3H3. The number of rotatable bonds is 2. The summed E-state index contributed by atoms with van der Waals surface area (Å²) >= 11 is 0. The van der Waals surface area contributed by atoms with Crippen molar-refractivity contribution in [1.82, 2.24) is 0 Å². The van der Waals surface area contributed by atoms with Gasteiger partial charge in [-0.25, -0.2) is 0 Å². The average molecular weight is 280 g/mol. The maximum atomic E-state index is 10.9. The fraction of sp³-hybridized carbons (Fsp3) is 0.400. The summed E-state index contributed by atoms with van der Waals surface area (Å²) in [5.74, 6) is 0.334. The summed E-state index contributed by atoms with van der Waals surface area (Å²) in [5, 5.41) is 10.9. The predicted octanol–water partition coefficient (Wildman–Crippen LogP) is 4.45. The van der Waals surface area contributed by atoms with E-state index < -0.39 is 0 Å². The van der Waals surface area contributed by atoms with E-state index in [0.717, 1.165) is 24.8 Å². The third kappa shape index (κ3) is 2.75. The molecule has 1 N–H and O–H groups in total. The number of aliphatic hydroxyl groups excluding tert-OH is 1. The number of fused-ring (bicyclic) bond motifs is 1. The van der Waals surface area contributed by atoms with Crippen LogP contribution in [-0.4, -0.2) is 5.11 Å². The second-order valence-corrected chi connectivity index (χ2v) is 6.51. The van der Waals surface area contributed by atoms with Crippen molar-refractivity contribution >= 4 is 0 Å². The molecule has 2 aromatic carbocycles. The van der Waals surface area contributed by atoms with Crippen molar-refractivity contribution < 1.29 is 5.11 Å². The van der Waals surface area contributed by atoms with Gasteiger partial charge >= 0.3 is 0 Å². The van der Waals surface area contributed by atoms with Crippen LogP contribution in [0.25, 0.3) is 0 Å². The summed E-state index contributed by atoms with van der Waals surface area (Å²) in [6.07, 6.45) is 2.80. The molecule has 0 radical (unpaired) electrons. The van der Waals surface area contributed by atoms with Gasteiger partial charge in [0.25, 0.3) is 0 Å². The molecule has 0 amide bonds. The fourth-order valence-electron chi connectivity index (χ4n) is 3.55. The Bertz CT molecular complexity index is 657. The van der Waals surface area contributed by atoms with E-state index in [1.165, 1.54) is 27.8 Å². The lowest BCUT2D eigenvalue weighted by Gasteiger charge is -2.30. The van der Waals surface area contributed by atoms with Crippen molar-refractivity contribution in [3.05, 3.63) is 69.8 Å². The Kier molecular flexibility index (Phi) is 3.86. The summed E-state index contributed by atoms with van der Waals surface area (Å²) in [6.45, 7) is 6.37. The average Bonchev–Trinajstić information content (AvgIpc) is 2.50. The minimum absolute atomic E-state index is 0.334. The van der Waals surface area contributed by atoms with Gasteiger partial charge in [0.15, 0.2) is 0 Å². The van der Waals surface area contributed by atoms with Crippen LogP contribution < -0.4 is 0 Å². The molecule has 0 aliphatic heterocycles. The lowest BCUT2D eigenvalue weighted by molar-refractivity contribution is 0.0988. The highest BCUT2D eigenvalue weighted by Gasteiger charge is 2.26. The number of benzene rings is 2. The molecule has 1 heteroatoms. The molecule has 110 valence electrons. The monoisotopic (exact) mass is 280 g/mol. The summed E-state index contributed by atoms with van der Waals surface area (Å²) in [7, 11) is 0. The van der Waals surface area contributed by atoms with Crippen LogP contribution in [0.5, 0.6) is 0 Å². The molecule has 0 spiro atoms. The summed E-state index contributed by atoms with van der Waals surface area (Å²) in [4.78, 5) is 0. The molecule has 0 saturated carbocycles. The van der Waals surface area contributed by atoms with Crippen LogP contribution in [0, 0.1) is 26.7 Å². The third-order valence-corrected chi connectivity index (χ3v) is 5.03. The molecule has 2 atom stereocenters. The van der Waals surface area contributed by atoms with Gasteiger partial charge in [0.2, 0.25) is 0 Å². The van der Waals surface area contributed by atoms with Gasteiger partial charge in [-0.1, -0.05) is 36.4 Å². The van der Waals surface area contributed by atoms with E-state index in [4.69, 9.17) is 0 Å². The number of aryl methyl sites for hydroxylation is 4. The van der Waals surface area contributed by atoms with Crippen LogP contribution in [0.15, 0.2) is 36.4 Å². The Morgan fingerprint density at radius 2 is 1.62 bits per heavy atom. The first kappa shape index (κ1) is 14.3. The van der Waals surface area contributed by atoms with E-state index in [1.807, 2.05) is 0 Å². The molecular formula is C20H24O. The van der Waals surface area contributed by atoms with Gasteiger partial charge in [-0.3, -0.25) is 0 Å². The molecule has 0 saturated heterocycles. The van der Waals surface area contributed by atoms with Gasteiger partial charge in [0.05, 0.1) is 6.10 Å². The van der Waals surface area contributed by atoms with Crippen molar-refractivity contribution in [3.8, 4) is 0 Å². The lowest BCUT2D eigenvalue weighted by Crippen LogP contribution is -2.21. The Morgan fingerprint density at radius 1 is 0.952 bits per heavy atom. The zero-order valence-corrected chi connectivity index (χ0v) is 13.2. The quantitative estimate of drug-likeness (QED) is 0.861. The maximum Gasteiger partial charge on any atom is 0.0824 e. The van der Waals surface area contributed by atoms with Crippen LogP contribution in [0.3, 0.4) is 0 Å². The highest BCUT2D eigenvalue weighted by atomic mass is 16.3. The summed E-state index contributed by atoms with van der Waals surface area (Å²) < 4.78 is 0. The van der Waals surface area contributed by atoms with E-state index in [-0.39, 0.29) is 6.10 Å². The molecule has 21 heavy (non-hydrogen) atoms. The van der Waals surface area contributed by atoms with Gasteiger partial charge < -0.3 is 5.11 Å². The minimum atomic E-state index is -0.349. The minimum Gasteiger partial charge on any atom is -0.388 e. The van der Waals surface area contributed by atoms with E-state index >= 15 is 0 Å². The van der Waals surface area contributed by atoms with Crippen molar-refractivity contribution in [2.24, 2.45) is 5.92 Å². The first-order chi connectivity index (χ1) is 10.1. The highest BCUT2D eigenvalue weighted by molar-refractivity contribution is 5.38. The zero-order chi connectivity index (χ0) is 15.0. The molecule has 2 unspecified atom stereocenters. The van der Waals surface area contributed by atoms with E-state index in [0.29, 0.717) is 5.92 Å². The normalized spacial score (nSPS) is 19.1. The van der Waals surface area contributed by atoms with Crippen LogP contribution in [0.4, 0.5) is 0 Å². The largest absolute Gasteiger partial charge is 0.388 e. The summed E-state index contributed by atoms with van der Waals surface area (Å²) in [6, 6.07) is 13.0.